The van der Waals surface area contributed by atoms with Crippen molar-refractivity contribution in [1.82, 2.24) is 9.38 Å². The first kappa shape index (κ1) is 11.2. The molecule has 2 aromatic carbocycles. The first-order chi connectivity index (χ1) is 9.83. The maximum absolute atomic E-state index is 4.71. The van der Waals surface area contributed by atoms with Crippen molar-refractivity contribution in [2.45, 2.75) is 6.92 Å². The van der Waals surface area contributed by atoms with E-state index in [4.69, 9.17) is 4.98 Å². The Morgan fingerprint density at radius 2 is 1.70 bits per heavy atom. The van der Waals surface area contributed by atoms with Crippen LogP contribution in [0.4, 0.5) is 0 Å². The van der Waals surface area contributed by atoms with Crippen LogP contribution in [0.2, 0.25) is 0 Å². The molecule has 0 saturated carbocycles. The van der Waals surface area contributed by atoms with Gasteiger partial charge in [-0.25, -0.2) is 4.98 Å². The molecule has 0 atom stereocenters. The summed E-state index contributed by atoms with van der Waals surface area (Å²) >= 11 is 0. The van der Waals surface area contributed by atoms with Crippen molar-refractivity contribution in [3.8, 4) is 11.3 Å². The molecule has 0 fully saturated rings. The van der Waals surface area contributed by atoms with Crippen molar-refractivity contribution >= 4 is 16.7 Å². The summed E-state index contributed by atoms with van der Waals surface area (Å²) in [6, 6.07) is 23.1. The Morgan fingerprint density at radius 1 is 0.850 bits per heavy atom. The van der Waals surface area contributed by atoms with E-state index in [0.717, 1.165) is 11.2 Å². The van der Waals surface area contributed by atoms with Crippen molar-refractivity contribution in [1.29, 1.82) is 0 Å². The van der Waals surface area contributed by atoms with Crippen molar-refractivity contribution in [3.05, 3.63) is 72.3 Å². The van der Waals surface area contributed by atoms with Gasteiger partial charge in [-0.05, 0) is 42.3 Å². The zero-order valence-corrected chi connectivity index (χ0v) is 11.2. The van der Waals surface area contributed by atoms with E-state index >= 15 is 0 Å². The zero-order chi connectivity index (χ0) is 13.5. The Bertz CT molecular complexity index is 905. The Balaban J connectivity index is 2.16. The minimum Gasteiger partial charge on any atom is -0.292 e. The molecular formula is C18H14N2. The van der Waals surface area contributed by atoms with Crippen molar-refractivity contribution < 1.29 is 0 Å². The lowest BCUT2D eigenvalue weighted by Gasteiger charge is -2.06. The van der Waals surface area contributed by atoms with E-state index in [9.17, 15) is 0 Å². The lowest BCUT2D eigenvalue weighted by atomic mass is 10.1. The third kappa shape index (κ3) is 1.62. The van der Waals surface area contributed by atoms with E-state index in [-0.39, 0.29) is 0 Å². The molecule has 4 aromatic rings. The molecule has 0 aliphatic carbocycles. The highest BCUT2D eigenvalue weighted by Gasteiger charge is 2.09. The second-order valence-corrected chi connectivity index (χ2v) is 5.07. The van der Waals surface area contributed by atoms with Crippen LogP contribution in [0.5, 0.6) is 0 Å². The number of hydrogen-bond acceptors (Lipinski definition) is 1. The third-order valence-corrected chi connectivity index (χ3v) is 3.65. The van der Waals surface area contributed by atoms with Gasteiger partial charge in [0.05, 0.1) is 16.7 Å². The Hall–Kier alpha value is -2.61. The average molecular weight is 258 g/mol. The van der Waals surface area contributed by atoms with Gasteiger partial charge in [0.15, 0.2) is 0 Å². The lowest BCUT2D eigenvalue weighted by molar-refractivity contribution is 1.23. The van der Waals surface area contributed by atoms with Gasteiger partial charge in [-0.15, -0.1) is 0 Å². The molecule has 20 heavy (non-hydrogen) atoms. The average Bonchev–Trinajstić information content (AvgIpc) is 2.86. The highest BCUT2D eigenvalue weighted by Crippen LogP contribution is 2.26. The number of pyridine rings is 1. The molecule has 2 nitrogen and oxygen atoms in total. The molecule has 2 heterocycles. The lowest BCUT2D eigenvalue weighted by Crippen LogP contribution is -1.91. The van der Waals surface area contributed by atoms with E-state index in [0.29, 0.717) is 0 Å². The Labute approximate surface area is 117 Å². The van der Waals surface area contributed by atoms with Crippen LogP contribution in [0.25, 0.3) is 27.9 Å². The van der Waals surface area contributed by atoms with Crippen LogP contribution >= 0.6 is 0 Å². The molecule has 0 N–H and O–H groups in total. The predicted molar refractivity (Wildman–Crippen MR) is 82.9 cm³/mol. The molecule has 4 rings (SSSR count). The van der Waals surface area contributed by atoms with Gasteiger partial charge in [-0.2, -0.15) is 0 Å². The molecule has 0 unspecified atom stereocenters. The zero-order valence-electron chi connectivity index (χ0n) is 11.2. The maximum Gasteiger partial charge on any atom is 0.138 e. The van der Waals surface area contributed by atoms with Crippen LogP contribution in [-0.4, -0.2) is 9.38 Å². The van der Waals surface area contributed by atoms with E-state index in [1.165, 1.54) is 22.3 Å². The molecule has 2 aromatic heterocycles. The number of aromatic nitrogens is 2. The second kappa shape index (κ2) is 4.20. The number of hydrogen-bond donors (Lipinski definition) is 0. The number of aryl methyl sites for hydroxylation is 1. The van der Waals surface area contributed by atoms with Crippen LogP contribution < -0.4 is 0 Å². The predicted octanol–water partition coefficient (Wildman–Crippen LogP) is 4.46. The molecule has 96 valence electrons. The minimum absolute atomic E-state index is 0.993. The normalized spacial score (nSPS) is 11.2. The van der Waals surface area contributed by atoms with Crippen LogP contribution in [-0.2, 0) is 0 Å². The van der Waals surface area contributed by atoms with Gasteiger partial charge in [0.25, 0.3) is 0 Å². The van der Waals surface area contributed by atoms with E-state index in [2.05, 4.69) is 72.0 Å². The first-order valence-corrected chi connectivity index (χ1v) is 6.76. The van der Waals surface area contributed by atoms with Crippen molar-refractivity contribution in [2.75, 3.05) is 0 Å². The standard InChI is InChI=1S/C18H14N2/c1-13-10-11-15-17(12-13)20-16(8-5-9-18(20)19-15)14-6-3-2-4-7-14/h2-12H,1H3. The highest BCUT2D eigenvalue weighted by molar-refractivity contribution is 5.84. The van der Waals surface area contributed by atoms with E-state index < -0.39 is 0 Å². The van der Waals surface area contributed by atoms with E-state index in [1.54, 1.807) is 0 Å². The Kier molecular flexibility index (Phi) is 2.36. The monoisotopic (exact) mass is 258 g/mol. The smallest absolute Gasteiger partial charge is 0.138 e. The number of imidazole rings is 1. The summed E-state index contributed by atoms with van der Waals surface area (Å²) in [4.78, 5) is 4.71. The topological polar surface area (TPSA) is 17.3 Å². The summed E-state index contributed by atoms with van der Waals surface area (Å²) in [5.41, 5.74) is 6.84. The summed E-state index contributed by atoms with van der Waals surface area (Å²) < 4.78 is 2.23. The SMILES string of the molecule is Cc1ccc2nc3cccc(-c4ccccc4)n3c2c1. The fraction of sp³-hybridized carbons (Fsp3) is 0.0556. The third-order valence-electron chi connectivity index (χ3n) is 3.65. The fourth-order valence-corrected chi connectivity index (χ4v) is 2.70. The largest absolute Gasteiger partial charge is 0.292 e. The van der Waals surface area contributed by atoms with Gasteiger partial charge in [-0.3, -0.25) is 4.40 Å². The van der Waals surface area contributed by atoms with Crippen LogP contribution in [0, 0.1) is 6.92 Å². The summed E-state index contributed by atoms with van der Waals surface area (Å²) in [6.45, 7) is 2.12. The molecule has 0 spiro atoms. The van der Waals surface area contributed by atoms with Crippen molar-refractivity contribution in [2.24, 2.45) is 0 Å². The quantitative estimate of drug-likeness (QED) is 0.492. The van der Waals surface area contributed by atoms with Gasteiger partial charge >= 0.3 is 0 Å². The molecule has 0 aliphatic heterocycles. The Morgan fingerprint density at radius 3 is 2.55 bits per heavy atom. The number of rotatable bonds is 1. The molecule has 0 saturated heterocycles. The summed E-state index contributed by atoms with van der Waals surface area (Å²) in [5, 5.41) is 0. The summed E-state index contributed by atoms with van der Waals surface area (Å²) in [5.74, 6) is 0. The first-order valence-electron chi connectivity index (χ1n) is 6.76. The highest BCUT2D eigenvalue weighted by atomic mass is 15.0. The molecule has 0 bridgehead atoms. The van der Waals surface area contributed by atoms with Gasteiger partial charge in [-0.1, -0.05) is 42.5 Å². The van der Waals surface area contributed by atoms with Gasteiger partial charge in [0.2, 0.25) is 0 Å². The van der Waals surface area contributed by atoms with E-state index in [1.807, 2.05) is 6.07 Å². The fourth-order valence-electron chi connectivity index (χ4n) is 2.70. The van der Waals surface area contributed by atoms with Gasteiger partial charge in [0.1, 0.15) is 5.65 Å². The minimum atomic E-state index is 0.993. The number of benzene rings is 2. The maximum atomic E-state index is 4.71. The van der Waals surface area contributed by atoms with Crippen LogP contribution in [0.3, 0.4) is 0 Å². The number of fused-ring (bicyclic) bond motifs is 3. The van der Waals surface area contributed by atoms with Crippen molar-refractivity contribution in [3.63, 3.8) is 0 Å². The second-order valence-electron chi connectivity index (χ2n) is 5.07. The molecule has 0 amide bonds. The van der Waals surface area contributed by atoms with Gasteiger partial charge < -0.3 is 0 Å². The van der Waals surface area contributed by atoms with Crippen LogP contribution in [0.15, 0.2) is 66.7 Å². The molecular weight excluding hydrogens is 244 g/mol. The summed E-state index contributed by atoms with van der Waals surface area (Å²) in [7, 11) is 0. The van der Waals surface area contributed by atoms with Gasteiger partial charge in [0, 0.05) is 0 Å². The number of nitrogens with zero attached hydrogens (tertiary/aromatic N) is 2. The molecule has 2 heteroatoms. The van der Waals surface area contributed by atoms with Crippen LogP contribution in [0.1, 0.15) is 5.56 Å². The molecule has 0 aliphatic rings. The molecule has 0 radical (unpaired) electrons. The summed E-state index contributed by atoms with van der Waals surface area (Å²) in [6.07, 6.45) is 0.